The second-order valence-electron chi connectivity index (χ2n) is 4.78. The molecule has 0 radical (unpaired) electrons. The molecule has 1 aliphatic carbocycles. The van der Waals surface area contributed by atoms with Crippen LogP contribution in [0.2, 0.25) is 0 Å². The van der Waals surface area contributed by atoms with Crippen molar-refractivity contribution in [2.75, 3.05) is 7.05 Å². The van der Waals surface area contributed by atoms with Gasteiger partial charge in [0.1, 0.15) is 11.2 Å². The number of aromatic hydroxyl groups is 1. The van der Waals surface area contributed by atoms with E-state index in [0.717, 1.165) is 5.56 Å². The van der Waals surface area contributed by atoms with Crippen LogP contribution in [0.25, 0.3) is 0 Å². The third-order valence-corrected chi connectivity index (χ3v) is 3.31. The molecule has 5 heteroatoms. The minimum Gasteiger partial charge on any atom is -0.508 e. The highest BCUT2D eigenvalue weighted by atomic mass is 16.3. The number of hydrogen-bond acceptors (Lipinski definition) is 3. The standard InChI is InChI=1S/C13H16N2O3/c1-15(8-9-3-2-4-10(16)7-9)12(18)13(5-6-13)11(14)17/h2-4,7,16H,5-6,8H2,1H3,(H2,14,17). The summed E-state index contributed by atoms with van der Waals surface area (Å²) in [6.07, 6.45) is 1.07. The van der Waals surface area contributed by atoms with Crippen molar-refractivity contribution in [1.29, 1.82) is 0 Å². The molecule has 5 nitrogen and oxygen atoms in total. The van der Waals surface area contributed by atoms with Gasteiger partial charge in [0.05, 0.1) is 0 Å². The fraction of sp³-hybridized carbons (Fsp3) is 0.385. The zero-order chi connectivity index (χ0) is 13.3. The van der Waals surface area contributed by atoms with Crippen molar-refractivity contribution in [2.45, 2.75) is 19.4 Å². The molecule has 0 atom stereocenters. The Balaban J connectivity index is 2.07. The number of hydrogen-bond donors (Lipinski definition) is 2. The highest BCUT2D eigenvalue weighted by molar-refractivity contribution is 6.07. The number of phenols is 1. The van der Waals surface area contributed by atoms with Crippen LogP contribution in [0, 0.1) is 5.41 Å². The third-order valence-electron chi connectivity index (χ3n) is 3.31. The van der Waals surface area contributed by atoms with Gasteiger partial charge in [-0.1, -0.05) is 12.1 Å². The Morgan fingerprint density at radius 2 is 2.11 bits per heavy atom. The molecule has 1 aromatic rings. The van der Waals surface area contributed by atoms with Gasteiger partial charge in [-0.05, 0) is 30.5 Å². The van der Waals surface area contributed by atoms with E-state index in [1.807, 2.05) is 6.07 Å². The number of carbonyl (C=O) groups is 2. The monoisotopic (exact) mass is 248 g/mol. The molecule has 0 saturated heterocycles. The molecule has 2 amide bonds. The quantitative estimate of drug-likeness (QED) is 0.766. The predicted molar refractivity (Wildman–Crippen MR) is 65.4 cm³/mol. The summed E-state index contributed by atoms with van der Waals surface area (Å²) in [5, 5.41) is 9.35. The van der Waals surface area contributed by atoms with E-state index < -0.39 is 11.3 Å². The summed E-state index contributed by atoms with van der Waals surface area (Å²) in [7, 11) is 1.63. The van der Waals surface area contributed by atoms with Gasteiger partial charge in [-0.3, -0.25) is 9.59 Å². The Hall–Kier alpha value is -2.04. The van der Waals surface area contributed by atoms with Gasteiger partial charge >= 0.3 is 0 Å². The highest BCUT2D eigenvalue weighted by Crippen LogP contribution is 2.46. The molecule has 0 aliphatic heterocycles. The van der Waals surface area contributed by atoms with Crippen LogP contribution >= 0.6 is 0 Å². The molecule has 0 aromatic heterocycles. The van der Waals surface area contributed by atoms with Gasteiger partial charge in [0.15, 0.2) is 0 Å². The van der Waals surface area contributed by atoms with Gasteiger partial charge < -0.3 is 15.7 Å². The fourth-order valence-electron chi connectivity index (χ4n) is 2.06. The zero-order valence-electron chi connectivity index (χ0n) is 10.2. The lowest BCUT2D eigenvalue weighted by atomic mass is 10.0. The summed E-state index contributed by atoms with van der Waals surface area (Å²) >= 11 is 0. The first-order chi connectivity index (χ1) is 8.45. The van der Waals surface area contributed by atoms with Crippen LogP contribution in [0.1, 0.15) is 18.4 Å². The van der Waals surface area contributed by atoms with Crippen molar-refractivity contribution in [3.63, 3.8) is 0 Å². The number of primary amides is 1. The van der Waals surface area contributed by atoms with Crippen molar-refractivity contribution >= 4 is 11.8 Å². The molecular weight excluding hydrogens is 232 g/mol. The van der Waals surface area contributed by atoms with E-state index in [1.165, 1.54) is 4.90 Å². The molecule has 0 spiro atoms. The minimum atomic E-state index is -0.981. The smallest absolute Gasteiger partial charge is 0.238 e. The molecule has 2 rings (SSSR count). The van der Waals surface area contributed by atoms with Crippen LogP contribution in [-0.4, -0.2) is 28.9 Å². The number of nitrogens with two attached hydrogens (primary N) is 1. The van der Waals surface area contributed by atoms with Crippen LogP contribution in [0.15, 0.2) is 24.3 Å². The Bertz CT molecular complexity index is 495. The van der Waals surface area contributed by atoms with Crippen LogP contribution in [-0.2, 0) is 16.1 Å². The summed E-state index contributed by atoms with van der Waals surface area (Å²) in [6.45, 7) is 0.349. The Morgan fingerprint density at radius 1 is 1.44 bits per heavy atom. The van der Waals surface area contributed by atoms with Gasteiger partial charge in [0.25, 0.3) is 0 Å². The summed E-state index contributed by atoms with van der Waals surface area (Å²) in [5.41, 5.74) is 5.09. The van der Waals surface area contributed by atoms with E-state index in [0.29, 0.717) is 19.4 Å². The minimum absolute atomic E-state index is 0.157. The maximum absolute atomic E-state index is 12.1. The highest BCUT2D eigenvalue weighted by Gasteiger charge is 2.56. The third kappa shape index (κ3) is 2.16. The van der Waals surface area contributed by atoms with Crippen molar-refractivity contribution in [2.24, 2.45) is 11.1 Å². The van der Waals surface area contributed by atoms with E-state index in [-0.39, 0.29) is 11.7 Å². The van der Waals surface area contributed by atoms with E-state index in [1.54, 1.807) is 25.2 Å². The lowest BCUT2D eigenvalue weighted by Gasteiger charge is -2.21. The lowest BCUT2D eigenvalue weighted by Crippen LogP contribution is -2.41. The Kier molecular flexibility index (Phi) is 2.98. The first-order valence-electron chi connectivity index (χ1n) is 5.79. The van der Waals surface area contributed by atoms with Crippen LogP contribution in [0.4, 0.5) is 0 Å². The van der Waals surface area contributed by atoms with E-state index >= 15 is 0 Å². The lowest BCUT2D eigenvalue weighted by molar-refractivity contribution is -0.142. The molecule has 1 saturated carbocycles. The van der Waals surface area contributed by atoms with E-state index in [4.69, 9.17) is 5.73 Å². The van der Waals surface area contributed by atoms with Crippen LogP contribution in [0.5, 0.6) is 5.75 Å². The van der Waals surface area contributed by atoms with E-state index in [9.17, 15) is 14.7 Å². The number of benzene rings is 1. The van der Waals surface area contributed by atoms with Crippen molar-refractivity contribution in [1.82, 2.24) is 4.90 Å². The second kappa shape index (κ2) is 4.33. The zero-order valence-corrected chi connectivity index (χ0v) is 10.2. The first-order valence-corrected chi connectivity index (χ1v) is 5.79. The molecule has 3 N–H and O–H groups in total. The number of phenolic OH excluding ortho intramolecular Hbond substituents is 1. The maximum atomic E-state index is 12.1. The van der Waals surface area contributed by atoms with Gasteiger partial charge in [0, 0.05) is 13.6 Å². The van der Waals surface area contributed by atoms with Crippen LogP contribution < -0.4 is 5.73 Å². The topological polar surface area (TPSA) is 83.6 Å². The molecule has 1 aliphatic rings. The normalized spacial score (nSPS) is 16.1. The SMILES string of the molecule is CN(Cc1cccc(O)c1)C(=O)C1(C(N)=O)CC1. The number of nitrogens with zero attached hydrogens (tertiary/aromatic N) is 1. The molecule has 96 valence electrons. The molecule has 1 aromatic carbocycles. The fourth-order valence-corrected chi connectivity index (χ4v) is 2.06. The van der Waals surface area contributed by atoms with Gasteiger partial charge in [-0.2, -0.15) is 0 Å². The van der Waals surface area contributed by atoms with Gasteiger partial charge in [0.2, 0.25) is 11.8 Å². The Labute approximate surface area is 105 Å². The molecule has 0 heterocycles. The summed E-state index contributed by atoms with van der Waals surface area (Å²) < 4.78 is 0. The number of amides is 2. The summed E-state index contributed by atoms with van der Waals surface area (Å²) in [4.78, 5) is 24.9. The molecule has 18 heavy (non-hydrogen) atoms. The largest absolute Gasteiger partial charge is 0.508 e. The predicted octanol–water partition coefficient (Wildman–Crippen LogP) is 0.616. The summed E-state index contributed by atoms with van der Waals surface area (Å²) in [6, 6.07) is 6.68. The van der Waals surface area contributed by atoms with E-state index in [2.05, 4.69) is 0 Å². The average Bonchev–Trinajstić information content (AvgIpc) is 3.09. The van der Waals surface area contributed by atoms with Crippen molar-refractivity contribution in [3.8, 4) is 5.75 Å². The average molecular weight is 248 g/mol. The number of carbonyl (C=O) groups excluding carboxylic acids is 2. The van der Waals surface area contributed by atoms with Crippen LogP contribution in [0.3, 0.4) is 0 Å². The molecular formula is C13H16N2O3. The maximum Gasteiger partial charge on any atom is 0.238 e. The van der Waals surface area contributed by atoms with Gasteiger partial charge in [-0.15, -0.1) is 0 Å². The molecule has 0 unspecified atom stereocenters. The van der Waals surface area contributed by atoms with Crippen molar-refractivity contribution < 1.29 is 14.7 Å². The molecule has 1 fully saturated rings. The molecule has 0 bridgehead atoms. The second-order valence-corrected chi connectivity index (χ2v) is 4.78. The summed E-state index contributed by atoms with van der Waals surface area (Å²) in [5.74, 6) is -0.627. The van der Waals surface area contributed by atoms with Crippen molar-refractivity contribution in [3.05, 3.63) is 29.8 Å². The Morgan fingerprint density at radius 3 is 2.61 bits per heavy atom. The number of rotatable bonds is 4. The van der Waals surface area contributed by atoms with Gasteiger partial charge in [-0.25, -0.2) is 0 Å². The first kappa shape index (κ1) is 12.4.